The molecule has 1 atom stereocenters. The smallest absolute Gasteiger partial charge is 0.339 e. The van der Waals surface area contributed by atoms with E-state index in [2.05, 4.69) is 10.2 Å². The molecule has 8 nitrogen and oxygen atoms in total. The minimum absolute atomic E-state index is 0.145. The first-order valence-electron chi connectivity index (χ1n) is 12.4. The Bertz CT molecular complexity index is 1420. The van der Waals surface area contributed by atoms with Crippen molar-refractivity contribution >= 4 is 34.3 Å². The van der Waals surface area contributed by atoms with E-state index in [1.807, 2.05) is 13.0 Å². The topological polar surface area (TPSA) is 89.6 Å². The van der Waals surface area contributed by atoms with Crippen molar-refractivity contribution in [2.24, 2.45) is 0 Å². The van der Waals surface area contributed by atoms with Gasteiger partial charge in [-0.25, -0.2) is 0 Å². The van der Waals surface area contributed by atoms with Crippen molar-refractivity contribution in [3.05, 3.63) is 59.3 Å². The summed E-state index contributed by atoms with van der Waals surface area (Å²) in [5.41, 5.74) is 2.61. The van der Waals surface area contributed by atoms with E-state index in [4.69, 9.17) is 0 Å². The fraction of sp³-hybridized carbons (Fsp3) is 0.407. The van der Waals surface area contributed by atoms with Gasteiger partial charge in [0, 0.05) is 36.8 Å². The summed E-state index contributed by atoms with van der Waals surface area (Å²) in [6, 6.07) is 8.71. The number of anilines is 1. The van der Waals surface area contributed by atoms with Gasteiger partial charge in [0.25, 0.3) is 5.91 Å². The number of carbonyl (C=O) groups is 3. The Morgan fingerprint density at radius 3 is 2.58 bits per heavy atom. The van der Waals surface area contributed by atoms with Crippen molar-refractivity contribution in [1.82, 2.24) is 20.0 Å². The quantitative estimate of drug-likeness (QED) is 0.559. The van der Waals surface area contributed by atoms with Gasteiger partial charge in [0.05, 0.1) is 17.1 Å². The van der Waals surface area contributed by atoms with Gasteiger partial charge in [-0.15, -0.1) is 0 Å². The number of benzene rings is 2. The number of H-pyrrole nitrogens is 1. The van der Waals surface area contributed by atoms with Crippen molar-refractivity contribution in [2.45, 2.75) is 44.3 Å². The molecule has 11 heteroatoms. The van der Waals surface area contributed by atoms with E-state index < -0.39 is 30.1 Å². The van der Waals surface area contributed by atoms with Crippen LogP contribution in [0, 0.1) is 6.92 Å². The van der Waals surface area contributed by atoms with Gasteiger partial charge in [0.1, 0.15) is 12.6 Å². The lowest BCUT2D eigenvalue weighted by molar-refractivity contribution is -0.181. The minimum atomic E-state index is -4.57. The minimum Gasteiger partial charge on any atom is -0.339 e. The fourth-order valence-electron chi connectivity index (χ4n) is 5.63. The number of likely N-dealkylation sites (N-methyl/N-ethyl adjacent to an activating group) is 1. The SMILES string of the molecule is Cc1cccc2c1C1(CCN(C(=O)c3ccc4[nH]ncc4c3)CC1)C(=O)N2CC(=O)N(C)C(C)C(F)(F)F. The van der Waals surface area contributed by atoms with E-state index in [0.29, 0.717) is 42.1 Å². The Morgan fingerprint density at radius 1 is 1.18 bits per heavy atom. The number of carbonyl (C=O) groups excluding carboxylic acids is 3. The summed E-state index contributed by atoms with van der Waals surface area (Å²) in [5, 5.41) is 7.67. The predicted octanol–water partition coefficient (Wildman–Crippen LogP) is 3.80. The molecule has 3 heterocycles. The molecule has 2 aliphatic rings. The van der Waals surface area contributed by atoms with Crippen LogP contribution < -0.4 is 4.90 Å². The van der Waals surface area contributed by atoms with Crippen LogP contribution in [0.4, 0.5) is 18.9 Å². The number of fused-ring (bicyclic) bond motifs is 3. The first kappa shape index (κ1) is 25.7. The maximum atomic E-state index is 13.9. The van der Waals surface area contributed by atoms with Crippen LogP contribution in [0.25, 0.3) is 10.9 Å². The van der Waals surface area contributed by atoms with Gasteiger partial charge >= 0.3 is 6.18 Å². The summed E-state index contributed by atoms with van der Waals surface area (Å²) >= 11 is 0. The van der Waals surface area contributed by atoms with E-state index in [1.165, 1.54) is 4.90 Å². The maximum absolute atomic E-state index is 13.9. The molecule has 0 saturated carbocycles. The highest BCUT2D eigenvalue weighted by Gasteiger charge is 2.54. The zero-order valence-electron chi connectivity index (χ0n) is 21.3. The number of halogens is 3. The summed E-state index contributed by atoms with van der Waals surface area (Å²) in [5.74, 6) is -1.25. The lowest BCUT2D eigenvalue weighted by Crippen LogP contribution is -2.53. The van der Waals surface area contributed by atoms with Crippen molar-refractivity contribution in [2.75, 3.05) is 31.6 Å². The predicted molar refractivity (Wildman–Crippen MR) is 135 cm³/mol. The monoisotopic (exact) mass is 527 g/mol. The van der Waals surface area contributed by atoms with Crippen molar-refractivity contribution in [3.63, 3.8) is 0 Å². The number of alkyl halides is 3. The molecule has 0 radical (unpaired) electrons. The first-order chi connectivity index (χ1) is 17.9. The Hall–Kier alpha value is -3.89. The second-order valence-electron chi connectivity index (χ2n) is 10.1. The average Bonchev–Trinajstić information content (AvgIpc) is 3.45. The molecule has 1 saturated heterocycles. The Morgan fingerprint density at radius 2 is 1.89 bits per heavy atom. The number of rotatable bonds is 4. The molecule has 1 N–H and O–H groups in total. The van der Waals surface area contributed by atoms with E-state index in [0.717, 1.165) is 36.0 Å². The van der Waals surface area contributed by atoms with Gasteiger partial charge in [-0.1, -0.05) is 12.1 Å². The molecule has 1 unspecified atom stereocenters. The number of hydrogen-bond acceptors (Lipinski definition) is 4. The normalized spacial score (nSPS) is 17.7. The van der Waals surface area contributed by atoms with Crippen molar-refractivity contribution in [3.8, 4) is 0 Å². The molecule has 0 aliphatic carbocycles. The average molecular weight is 528 g/mol. The van der Waals surface area contributed by atoms with Crippen LogP contribution in [0.1, 0.15) is 41.3 Å². The Balaban J connectivity index is 1.38. The van der Waals surface area contributed by atoms with Gasteiger partial charge in [0.15, 0.2) is 0 Å². The number of aromatic amines is 1. The third kappa shape index (κ3) is 4.10. The largest absolute Gasteiger partial charge is 0.408 e. The van der Waals surface area contributed by atoms with E-state index in [-0.39, 0.29) is 11.8 Å². The summed E-state index contributed by atoms with van der Waals surface area (Å²) in [4.78, 5) is 43.6. The molecule has 1 fully saturated rings. The number of nitrogens with zero attached hydrogens (tertiary/aromatic N) is 4. The zero-order chi connectivity index (χ0) is 27.4. The number of aromatic nitrogens is 2. The molecule has 3 amide bonds. The third-order valence-electron chi connectivity index (χ3n) is 8.01. The van der Waals surface area contributed by atoms with Gasteiger partial charge in [-0.2, -0.15) is 18.3 Å². The van der Waals surface area contributed by atoms with Crippen LogP contribution in [0.15, 0.2) is 42.6 Å². The highest BCUT2D eigenvalue weighted by molar-refractivity contribution is 6.11. The molecular formula is C27H28F3N5O3. The number of likely N-dealkylation sites (tertiary alicyclic amines) is 1. The van der Waals surface area contributed by atoms with Crippen LogP contribution in [-0.4, -0.2) is 76.6 Å². The van der Waals surface area contributed by atoms with Crippen LogP contribution in [-0.2, 0) is 15.0 Å². The number of hydrogen-bond donors (Lipinski definition) is 1. The van der Waals surface area contributed by atoms with Gasteiger partial charge in [-0.05, 0) is 62.1 Å². The highest BCUT2D eigenvalue weighted by atomic mass is 19.4. The maximum Gasteiger partial charge on any atom is 0.408 e. The lowest BCUT2D eigenvalue weighted by Gasteiger charge is -2.39. The lowest BCUT2D eigenvalue weighted by atomic mass is 9.72. The second-order valence-corrected chi connectivity index (χ2v) is 10.1. The zero-order valence-corrected chi connectivity index (χ0v) is 21.3. The van der Waals surface area contributed by atoms with Crippen molar-refractivity contribution in [1.29, 1.82) is 0 Å². The molecule has 200 valence electrons. The number of aryl methyl sites for hydroxylation is 1. The van der Waals surface area contributed by atoms with Gasteiger partial charge < -0.3 is 14.7 Å². The standard InChI is InChI=1S/C27H28F3N5O3/c1-16-5-4-6-21-23(16)26(25(38)35(21)15-22(36)33(3)17(2)27(28,29)30)9-11-34(12-10-26)24(37)18-7-8-20-19(13-18)14-31-32-20/h4-8,13-14,17H,9-12,15H2,1-3H3,(H,31,32). The van der Waals surface area contributed by atoms with Crippen molar-refractivity contribution < 1.29 is 27.6 Å². The molecule has 5 rings (SSSR count). The summed E-state index contributed by atoms with van der Waals surface area (Å²) in [6.07, 6.45) is -2.22. The molecule has 2 aliphatic heterocycles. The first-order valence-corrected chi connectivity index (χ1v) is 12.4. The summed E-state index contributed by atoms with van der Waals surface area (Å²) in [7, 11) is 1.10. The molecular weight excluding hydrogens is 499 g/mol. The molecule has 0 bridgehead atoms. The summed E-state index contributed by atoms with van der Waals surface area (Å²) < 4.78 is 39.6. The Kier molecular flexibility index (Phi) is 6.19. The Labute approximate surface area is 217 Å². The molecule has 38 heavy (non-hydrogen) atoms. The van der Waals surface area contributed by atoms with Gasteiger partial charge in [0.2, 0.25) is 11.8 Å². The number of amides is 3. The number of piperidine rings is 1. The van der Waals surface area contributed by atoms with Crippen LogP contribution in [0.5, 0.6) is 0 Å². The fourth-order valence-corrected chi connectivity index (χ4v) is 5.63. The molecule has 2 aromatic carbocycles. The molecule has 1 aromatic heterocycles. The molecule has 3 aromatic rings. The van der Waals surface area contributed by atoms with Crippen LogP contribution >= 0.6 is 0 Å². The van der Waals surface area contributed by atoms with E-state index in [1.54, 1.807) is 41.4 Å². The summed E-state index contributed by atoms with van der Waals surface area (Å²) in [6.45, 7) is 2.97. The second kappa shape index (κ2) is 9.14. The van der Waals surface area contributed by atoms with Gasteiger partial charge in [-0.3, -0.25) is 19.5 Å². The van der Waals surface area contributed by atoms with E-state index in [9.17, 15) is 27.6 Å². The van der Waals surface area contributed by atoms with E-state index >= 15 is 0 Å². The van der Waals surface area contributed by atoms with Crippen LogP contribution in [0.2, 0.25) is 0 Å². The third-order valence-corrected chi connectivity index (χ3v) is 8.01. The number of nitrogens with one attached hydrogen (secondary N) is 1. The highest BCUT2D eigenvalue weighted by Crippen LogP contribution is 2.49. The molecule has 1 spiro atoms. The van der Waals surface area contributed by atoms with Crippen LogP contribution in [0.3, 0.4) is 0 Å².